The Morgan fingerprint density at radius 2 is 1.93 bits per heavy atom. The van der Waals surface area contributed by atoms with Gasteiger partial charge in [0.25, 0.3) is 0 Å². The standard InChI is InChI=1S/C10H14FNO3/c1-13-3-4-15-9-6-10(14-2)8(12)5-7(9)11/h5-6H,3-4,12H2,1-2H3. The third-order valence-electron chi connectivity index (χ3n) is 1.83. The summed E-state index contributed by atoms with van der Waals surface area (Å²) >= 11 is 0. The molecule has 0 aromatic heterocycles. The molecule has 84 valence electrons. The first-order chi connectivity index (χ1) is 7.19. The molecule has 1 rings (SSSR count). The van der Waals surface area contributed by atoms with Crippen molar-refractivity contribution in [1.29, 1.82) is 0 Å². The molecule has 15 heavy (non-hydrogen) atoms. The van der Waals surface area contributed by atoms with Crippen LogP contribution in [-0.2, 0) is 4.74 Å². The van der Waals surface area contributed by atoms with Crippen LogP contribution in [0.15, 0.2) is 12.1 Å². The Kier molecular flexibility index (Phi) is 4.17. The molecule has 0 unspecified atom stereocenters. The molecule has 0 atom stereocenters. The molecule has 0 saturated heterocycles. The number of methoxy groups -OCH3 is 2. The molecule has 0 spiro atoms. The lowest BCUT2D eigenvalue weighted by atomic mass is 10.2. The van der Waals surface area contributed by atoms with Crippen molar-refractivity contribution in [2.45, 2.75) is 0 Å². The minimum Gasteiger partial charge on any atom is -0.494 e. The molecule has 0 amide bonds. The molecule has 0 bridgehead atoms. The fourth-order valence-electron chi connectivity index (χ4n) is 1.07. The molecule has 0 fully saturated rings. The number of rotatable bonds is 5. The van der Waals surface area contributed by atoms with Crippen LogP contribution in [0, 0.1) is 5.82 Å². The first-order valence-corrected chi connectivity index (χ1v) is 4.43. The lowest BCUT2D eigenvalue weighted by Crippen LogP contribution is -2.06. The van der Waals surface area contributed by atoms with E-state index in [4.69, 9.17) is 19.9 Å². The van der Waals surface area contributed by atoms with Crippen LogP contribution in [0.3, 0.4) is 0 Å². The van der Waals surface area contributed by atoms with Gasteiger partial charge in [0.15, 0.2) is 11.6 Å². The Bertz CT molecular complexity index is 331. The van der Waals surface area contributed by atoms with Crippen LogP contribution in [0.25, 0.3) is 0 Å². The second kappa shape index (κ2) is 5.41. The maximum Gasteiger partial charge on any atom is 0.167 e. The van der Waals surface area contributed by atoms with Crippen LogP contribution >= 0.6 is 0 Å². The minimum absolute atomic E-state index is 0.109. The van der Waals surface area contributed by atoms with E-state index in [0.29, 0.717) is 12.4 Å². The van der Waals surface area contributed by atoms with Crippen LogP contribution in [0.5, 0.6) is 11.5 Å². The zero-order valence-electron chi connectivity index (χ0n) is 8.75. The highest BCUT2D eigenvalue weighted by Gasteiger charge is 2.09. The van der Waals surface area contributed by atoms with Crippen molar-refractivity contribution in [3.05, 3.63) is 17.9 Å². The van der Waals surface area contributed by atoms with E-state index in [1.165, 1.54) is 19.2 Å². The first kappa shape index (κ1) is 11.6. The predicted octanol–water partition coefficient (Wildman–Crippen LogP) is 1.44. The van der Waals surface area contributed by atoms with Gasteiger partial charge in [-0.1, -0.05) is 0 Å². The molecule has 0 aliphatic heterocycles. The average Bonchev–Trinajstić information content (AvgIpc) is 2.21. The Hall–Kier alpha value is -1.49. The quantitative estimate of drug-likeness (QED) is 0.596. The van der Waals surface area contributed by atoms with Crippen molar-refractivity contribution in [2.75, 3.05) is 33.2 Å². The van der Waals surface area contributed by atoms with E-state index in [0.717, 1.165) is 0 Å². The highest BCUT2D eigenvalue weighted by molar-refractivity contribution is 5.56. The summed E-state index contributed by atoms with van der Waals surface area (Å²) in [6.45, 7) is 0.673. The fourth-order valence-corrected chi connectivity index (χ4v) is 1.07. The molecule has 1 aromatic rings. The van der Waals surface area contributed by atoms with Gasteiger partial charge in [-0.25, -0.2) is 4.39 Å². The molecule has 4 nitrogen and oxygen atoms in total. The molecule has 0 aliphatic carbocycles. The van der Waals surface area contributed by atoms with E-state index in [1.54, 1.807) is 7.11 Å². The smallest absolute Gasteiger partial charge is 0.167 e. The summed E-state index contributed by atoms with van der Waals surface area (Å²) in [4.78, 5) is 0. The van der Waals surface area contributed by atoms with Gasteiger partial charge in [0.1, 0.15) is 12.4 Å². The lowest BCUT2D eigenvalue weighted by Gasteiger charge is -2.10. The highest BCUT2D eigenvalue weighted by Crippen LogP contribution is 2.29. The SMILES string of the molecule is COCCOc1cc(OC)c(N)cc1F. The van der Waals surface area contributed by atoms with E-state index < -0.39 is 5.82 Å². The molecular formula is C10H14FNO3. The average molecular weight is 215 g/mol. The summed E-state index contributed by atoms with van der Waals surface area (Å²) in [6, 6.07) is 2.58. The summed E-state index contributed by atoms with van der Waals surface area (Å²) in [5.41, 5.74) is 5.75. The first-order valence-electron chi connectivity index (χ1n) is 4.43. The van der Waals surface area contributed by atoms with Crippen LogP contribution in [0.2, 0.25) is 0 Å². The Labute approximate surface area is 87.7 Å². The third-order valence-corrected chi connectivity index (χ3v) is 1.83. The highest BCUT2D eigenvalue weighted by atomic mass is 19.1. The van der Waals surface area contributed by atoms with Gasteiger partial charge in [-0.3, -0.25) is 0 Å². The second-order valence-electron chi connectivity index (χ2n) is 2.87. The number of hydrogen-bond acceptors (Lipinski definition) is 4. The van der Waals surface area contributed by atoms with E-state index in [9.17, 15) is 4.39 Å². The van der Waals surface area contributed by atoms with E-state index in [1.807, 2.05) is 0 Å². The normalized spacial score (nSPS) is 10.1. The summed E-state index contributed by atoms with van der Waals surface area (Å²) in [5.74, 6) is -0.00804. The van der Waals surface area contributed by atoms with Gasteiger partial charge in [-0.05, 0) is 0 Å². The minimum atomic E-state index is -0.510. The van der Waals surface area contributed by atoms with Crippen LogP contribution in [-0.4, -0.2) is 27.4 Å². The summed E-state index contributed by atoms with van der Waals surface area (Å²) in [6.07, 6.45) is 0. The Morgan fingerprint density at radius 3 is 2.53 bits per heavy atom. The van der Waals surface area contributed by atoms with Crippen LogP contribution in [0.1, 0.15) is 0 Å². The molecule has 1 aromatic carbocycles. The maximum absolute atomic E-state index is 13.3. The van der Waals surface area contributed by atoms with Gasteiger partial charge in [-0.2, -0.15) is 0 Å². The molecule has 0 heterocycles. The van der Waals surface area contributed by atoms with Gasteiger partial charge < -0.3 is 19.9 Å². The van der Waals surface area contributed by atoms with Gasteiger partial charge in [0.05, 0.1) is 19.4 Å². The monoisotopic (exact) mass is 215 g/mol. The largest absolute Gasteiger partial charge is 0.494 e. The number of anilines is 1. The van der Waals surface area contributed by atoms with Gasteiger partial charge >= 0.3 is 0 Å². The summed E-state index contributed by atoms with van der Waals surface area (Å²) in [5, 5.41) is 0. The van der Waals surface area contributed by atoms with Crippen molar-refractivity contribution in [1.82, 2.24) is 0 Å². The van der Waals surface area contributed by atoms with Crippen molar-refractivity contribution in [2.24, 2.45) is 0 Å². The lowest BCUT2D eigenvalue weighted by molar-refractivity contribution is 0.143. The van der Waals surface area contributed by atoms with Gasteiger partial charge in [-0.15, -0.1) is 0 Å². The second-order valence-corrected chi connectivity index (χ2v) is 2.87. The zero-order valence-corrected chi connectivity index (χ0v) is 8.75. The maximum atomic E-state index is 13.3. The van der Waals surface area contributed by atoms with Crippen molar-refractivity contribution >= 4 is 5.69 Å². The molecule has 0 aliphatic rings. The topological polar surface area (TPSA) is 53.7 Å². The predicted molar refractivity (Wildman–Crippen MR) is 54.7 cm³/mol. The van der Waals surface area contributed by atoms with Crippen LogP contribution in [0.4, 0.5) is 10.1 Å². The Morgan fingerprint density at radius 1 is 1.20 bits per heavy atom. The molecule has 5 heteroatoms. The number of nitrogens with two attached hydrogens (primary N) is 1. The van der Waals surface area contributed by atoms with E-state index in [-0.39, 0.29) is 18.0 Å². The fraction of sp³-hybridized carbons (Fsp3) is 0.400. The number of hydrogen-bond donors (Lipinski definition) is 1. The number of ether oxygens (including phenoxy) is 3. The zero-order chi connectivity index (χ0) is 11.3. The van der Waals surface area contributed by atoms with Crippen molar-refractivity contribution < 1.29 is 18.6 Å². The van der Waals surface area contributed by atoms with Gasteiger partial charge in [0, 0.05) is 19.2 Å². The molecular weight excluding hydrogens is 201 g/mol. The summed E-state index contributed by atoms with van der Waals surface area (Å²) in [7, 11) is 3.01. The number of halogens is 1. The van der Waals surface area contributed by atoms with Crippen molar-refractivity contribution in [3.8, 4) is 11.5 Å². The van der Waals surface area contributed by atoms with E-state index >= 15 is 0 Å². The number of nitrogen functional groups attached to an aromatic ring is 1. The van der Waals surface area contributed by atoms with Crippen LogP contribution < -0.4 is 15.2 Å². The number of benzene rings is 1. The molecule has 2 N–H and O–H groups in total. The van der Waals surface area contributed by atoms with Crippen molar-refractivity contribution in [3.63, 3.8) is 0 Å². The Balaban J connectivity index is 2.78. The van der Waals surface area contributed by atoms with Gasteiger partial charge in [0.2, 0.25) is 0 Å². The van der Waals surface area contributed by atoms with E-state index in [2.05, 4.69) is 0 Å². The third kappa shape index (κ3) is 2.99. The summed E-state index contributed by atoms with van der Waals surface area (Å²) < 4.78 is 28.2. The molecule has 0 saturated carbocycles. The molecule has 0 radical (unpaired) electrons.